The fraction of sp³-hybridized carbons (Fsp3) is 0.632. The number of nitrogens with one attached hydrogen (secondary N) is 2. The first kappa shape index (κ1) is 23.9. The molecule has 0 spiro atoms. The number of sulfonamides is 1. The molecular weight excluding hydrogens is 386 g/mol. The molecule has 1 aromatic carbocycles. The Balaban J connectivity index is 0.00000364. The van der Waals surface area contributed by atoms with Gasteiger partial charge in [0.1, 0.15) is 0 Å². The minimum absolute atomic E-state index is 0. The number of amides is 1. The summed E-state index contributed by atoms with van der Waals surface area (Å²) in [6.45, 7) is 4.40. The second-order valence-corrected chi connectivity index (χ2v) is 8.79. The zero-order chi connectivity index (χ0) is 19.2. The second kappa shape index (κ2) is 10.4. The highest BCUT2D eigenvalue weighted by Crippen LogP contribution is 2.24. The molecule has 4 N–H and O–H groups in total. The van der Waals surface area contributed by atoms with Crippen LogP contribution in [0.3, 0.4) is 0 Å². The van der Waals surface area contributed by atoms with Crippen LogP contribution in [0.25, 0.3) is 0 Å². The maximum absolute atomic E-state index is 12.5. The number of nitrogens with two attached hydrogens (primary N) is 1. The highest BCUT2D eigenvalue weighted by Gasteiger charge is 2.26. The van der Waals surface area contributed by atoms with Crippen molar-refractivity contribution >= 4 is 28.3 Å². The topological polar surface area (TPSA) is 101 Å². The molecule has 154 valence electrons. The average molecular weight is 418 g/mol. The van der Waals surface area contributed by atoms with E-state index in [0.29, 0.717) is 6.54 Å². The van der Waals surface area contributed by atoms with E-state index in [2.05, 4.69) is 10.0 Å². The molecule has 0 saturated heterocycles. The largest absolute Gasteiger partial charge is 0.349 e. The van der Waals surface area contributed by atoms with Gasteiger partial charge in [-0.3, -0.25) is 4.79 Å². The molecule has 0 bridgehead atoms. The van der Waals surface area contributed by atoms with Gasteiger partial charge >= 0.3 is 0 Å². The number of rotatable bonds is 9. The van der Waals surface area contributed by atoms with Gasteiger partial charge < -0.3 is 11.1 Å². The summed E-state index contributed by atoms with van der Waals surface area (Å²) in [7, 11) is -3.60. The SMILES string of the molecule is CCC(CC)(CN)NC(=O)CCNS(=O)(=O)c1ccc2c(c1)CCCC2.Cl. The van der Waals surface area contributed by atoms with Crippen molar-refractivity contribution in [3.05, 3.63) is 29.3 Å². The van der Waals surface area contributed by atoms with Crippen molar-refractivity contribution in [2.24, 2.45) is 5.73 Å². The molecule has 0 atom stereocenters. The number of halogens is 1. The van der Waals surface area contributed by atoms with Crippen molar-refractivity contribution < 1.29 is 13.2 Å². The molecule has 0 aliphatic heterocycles. The first-order valence-electron chi connectivity index (χ1n) is 9.48. The Bertz CT molecular complexity index is 725. The van der Waals surface area contributed by atoms with Crippen LogP contribution in [0.1, 0.15) is 57.1 Å². The summed E-state index contributed by atoms with van der Waals surface area (Å²) < 4.78 is 27.5. The molecule has 1 aliphatic carbocycles. The molecule has 0 aromatic heterocycles. The van der Waals surface area contributed by atoms with Crippen LogP contribution in [-0.2, 0) is 27.7 Å². The number of benzene rings is 1. The molecule has 2 rings (SSSR count). The van der Waals surface area contributed by atoms with Gasteiger partial charge in [-0.1, -0.05) is 19.9 Å². The molecule has 0 saturated carbocycles. The van der Waals surface area contributed by atoms with Crippen LogP contribution in [0.15, 0.2) is 23.1 Å². The molecule has 8 heteroatoms. The summed E-state index contributed by atoms with van der Waals surface area (Å²) in [6.07, 6.45) is 5.77. The number of hydrogen-bond donors (Lipinski definition) is 3. The quantitative estimate of drug-likeness (QED) is 0.573. The van der Waals surface area contributed by atoms with Crippen molar-refractivity contribution in [1.29, 1.82) is 0 Å². The monoisotopic (exact) mass is 417 g/mol. The van der Waals surface area contributed by atoms with Gasteiger partial charge in [-0.05, 0) is 61.8 Å². The highest BCUT2D eigenvalue weighted by molar-refractivity contribution is 7.89. The fourth-order valence-electron chi connectivity index (χ4n) is 3.38. The highest BCUT2D eigenvalue weighted by atomic mass is 35.5. The molecule has 1 aliphatic rings. The van der Waals surface area contributed by atoms with E-state index >= 15 is 0 Å². The molecule has 6 nitrogen and oxygen atoms in total. The maximum atomic E-state index is 12.5. The van der Waals surface area contributed by atoms with Crippen molar-refractivity contribution in [3.63, 3.8) is 0 Å². The predicted octanol–water partition coefficient (Wildman–Crippen LogP) is 2.29. The summed E-state index contributed by atoms with van der Waals surface area (Å²) in [5.74, 6) is -0.188. The van der Waals surface area contributed by atoms with E-state index in [4.69, 9.17) is 5.73 Å². The van der Waals surface area contributed by atoms with Gasteiger partial charge in [-0.15, -0.1) is 12.4 Å². The van der Waals surface area contributed by atoms with E-state index in [9.17, 15) is 13.2 Å². The molecule has 0 fully saturated rings. The second-order valence-electron chi connectivity index (χ2n) is 7.03. The van der Waals surface area contributed by atoms with Crippen molar-refractivity contribution in [2.75, 3.05) is 13.1 Å². The van der Waals surface area contributed by atoms with Gasteiger partial charge in [0.15, 0.2) is 0 Å². The average Bonchev–Trinajstić information content (AvgIpc) is 2.65. The number of carbonyl (C=O) groups excluding carboxylic acids is 1. The van der Waals surface area contributed by atoms with Crippen LogP contribution in [0.5, 0.6) is 0 Å². The molecule has 27 heavy (non-hydrogen) atoms. The van der Waals surface area contributed by atoms with E-state index in [0.717, 1.165) is 44.1 Å². The van der Waals surface area contributed by atoms with Crippen LogP contribution in [0.4, 0.5) is 0 Å². The summed E-state index contributed by atoms with van der Waals surface area (Å²) in [4.78, 5) is 12.4. The zero-order valence-corrected chi connectivity index (χ0v) is 17.8. The van der Waals surface area contributed by atoms with Crippen molar-refractivity contribution in [3.8, 4) is 0 Å². The zero-order valence-electron chi connectivity index (χ0n) is 16.2. The Morgan fingerprint density at radius 2 is 1.78 bits per heavy atom. The molecule has 1 amide bonds. The van der Waals surface area contributed by atoms with E-state index in [1.54, 1.807) is 12.1 Å². The third kappa shape index (κ3) is 6.17. The third-order valence-electron chi connectivity index (χ3n) is 5.42. The summed E-state index contributed by atoms with van der Waals surface area (Å²) >= 11 is 0. The number of hydrogen-bond acceptors (Lipinski definition) is 4. The van der Waals surface area contributed by atoms with Crippen LogP contribution < -0.4 is 15.8 Å². The maximum Gasteiger partial charge on any atom is 0.240 e. The molecule has 0 unspecified atom stereocenters. The Morgan fingerprint density at radius 1 is 1.15 bits per heavy atom. The lowest BCUT2D eigenvalue weighted by atomic mass is 9.92. The summed E-state index contributed by atoms with van der Waals surface area (Å²) in [5, 5.41) is 2.95. The Kier molecular flexibility index (Phi) is 9.21. The van der Waals surface area contributed by atoms with Gasteiger partial charge in [-0.25, -0.2) is 13.1 Å². The van der Waals surface area contributed by atoms with Crippen molar-refractivity contribution in [1.82, 2.24) is 10.0 Å². The van der Waals surface area contributed by atoms with Crippen LogP contribution in [-0.4, -0.2) is 33.0 Å². The molecular formula is C19H32ClN3O3S. The standard InChI is InChI=1S/C19H31N3O3S.ClH/c1-3-19(4-2,14-20)22-18(23)11-12-21-26(24,25)17-10-9-15-7-5-6-8-16(15)13-17;/h9-10,13,21H,3-8,11-12,14,20H2,1-2H3,(H,22,23);1H. The van der Waals surface area contributed by atoms with Gasteiger partial charge in [0.25, 0.3) is 0 Å². The number of carbonyl (C=O) groups is 1. The van der Waals surface area contributed by atoms with Crippen LogP contribution >= 0.6 is 12.4 Å². The normalized spacial score (nSPS) is 14.2. The van der Waals surface area contributed by atoms with Gasteiger partial charge in [-0.2, -0.15) is 0 Å². The van der Waals surface area contributed by atoms with E-state index < -0.39 is 15.6 Å². The summed E-state index contributed by atoms with van der Waals surface area (Å²) in [5.41, 5.74) is 7.74. The van der Waals surface area contributed by atoms with E-state index in [1.807, 2.05) is 19.9 Å². The lowest BCUT2D eigenvalue weighted by molar-refractivity contribution is -0.122. The van der Waals surface area contributed by atoms with E-state index in [-0.39, 0.29) is 36.2 Å². The number of fused-ring (bicyclic) bond motifs is 1. The predicted molar refractivity (Wildman–Crippen MR) is 111 cm³/mol. The van der Waals surface area contributed by atoms with Gasteiger partial charge in [0, 0.05) is 19.5 Å². The first-order chi connectivity index (χ1) is 12.4. The molecule has 1 aromatic rings. The Hall–Kier alpha value is -1.15. The minimum Gasteiger partial charge on any atom is -0.349 e. The van der Waals surface area contributed by atoms with E-state index in [1.165, 1.54) is 5.56 Å². The van der Waals surface area contributed by atoms with Crippen molar-refractivity contribution in [2.45, 2.75) is 69.2 Å². The van der Waals surface area contributed by atoms with Crippen LogP contribution in [0.2, 0.25) is 0 Å². The number of aryl methyl sites for hydroxylation is 2. The van der Waals surface area contributed by atoms with Gasteiger partial charge in [0.2, 0.25) is 15.9 Å². The minimum atomic E-state index is -3.60. The van der Waals surface area contributed by atoms with Gasteiger partial charge in [0.05, 0.1) is 10.4 Å². The lowest BCUT2D eigenvalue weighted by Crippen LogP contribution is -2.53. The Morgan fingerprint density at radius 3 is 2.37 bits per heavy atom. The molecule has 0 radical (unpaired) electrons. The third-order valence-corrected chi connectivity index (χ3v) is 6.88. The smallest absolute Gasteiger partial charge is 0.240 e. The fourth-order valence-corrected chi connectivity index (χ4v) is 4.47. The summed E-state index contributed by atoms with van der Waals surface area (Å²) in [6, 6.07) is 5.33. The Labute approximate surface area is 169 Å². The molecule has 0 heterocycles. The lowest BCUT2D eigenvalue weighted by Gasteiger charge is -2.31. The van der Waals surface area contributed by atoms with Crippen LogP contribution in [0, 0.1) is 0 Å². The first-order valence-corrected chi connectivity index (χ1v) is 11.0.